The molecule has 0 radical (unpaired) electrons. The standard InChI is InChI=1S/C44H27NO2/c1-2-7-28(8-3-1)29-15-19-34(20-16-29)45(36-23-24-38-37-10-4-5-11-39(37)46-41(38)27-36)35-21-17-30(18-22-35)33-25-32-14-13-31-9-6-12-40-43(31)44(32)42(26-33)47-40/h1-27H. The number of fused-ring (bicyclic) bond motifs is 3. The van der Waals surface area contributed by atoms with Crippen molar-refractivity contribution in [3.05, 3.63) is 164 Å². The van der Waals surface area contributed by atoms with Crippen molar-refractivity contribution in [3.63, 3.8) is 0 Å². The Morgan fingerprint density at radius 1 is 0.319 bits per heavy atom. The molecule has 2 aromatic heterocycles. The predicted octanol–water partition coefficient (Wildman–Crippen LogP) is 12.9. The zero-order chi connectivity index (χ0) is 30.9. The first-order valence-corrected chi connectivity index (χ1v) is 15.9. The average Bonchev–Trinajstić information content (AvgIpc) is 3.70. The third-order valence-electron chi connectivity index (χ3n) is 9.42. The molecule has 10 aromatic rings. The van der Waals surface area contributed by atoms with E-state index >= 15 is 0 Å². The summed E-state index contributed by atoms with van der Waals surface area (Å²) < 4.78 is 12.6. The van der Waals surface area contributed by atoms with Crippen LogP contribution in [-0.4, -0.2) is 0 Å². The van der Waals surface area contributed by atoms with Crippen LogP contribution < -0.4 is 4.90 Å². The van der Waals surface area contributed by atoms with Crippen molar-refractivity contribution < 1.29 is 8.83 Å². The maximum Gasteiger partial charge on any atom is 0.137 e. The van der Waals surface area contributed by atoms with E-state index in [-0.39, 0.29) is 0 Å². The zero-order valence-electron chi connectivity index (χ0n) is 25.4. The summed E-state index contributed by atoms with van der Waals surface area (Å²) in [7, 11) is 0. The van der Waals surface area contributed by atoms with Crippen LogP contribution in [0.2, 0.25) is 0 Å². The number of nitrogens with zero attached hydrogens (tertiary/aromatic N) is 1. The van der Waals surface area contributed by atoms with Gasteiger partial charge < -0.3 is 13.7 Å². The Balaban J connectivity index is 1.08. The average molecular weight is 602 g/mol. The highest BCUT2D eigenvalue weighted by molar-refractivity contribution is 6.22. The summed E-state index contributed by atoms with van der Waals surface area (Å²) in [5.41, 5.74) is 11.4. The van der Waals surface area contributed by atoms with Gasteiger partial charge >= 0.3 is 0 Å². The molecule has 0 aliphatic heterocycles. The van der Waals surface area contributed by atoms with Gasteiger partial charge in [-0.3, -0.25) is 0 Å². The summed E-state index contributed by atoms with van der Waals surface area (Å²) in [6.07, 6.45) is 0. The van der Waals surface area contributed by atoms with E-state index in [0.717, 1.165) is 61.3 Å². The van der Waals surface area contributed by atoms with Crippen LogP contribution in [0.4, 0.5) is 17.1 Å². The number of furan rings is 2. The summed E-state index contributed by atoms with van der Waals surface area (Å²) in [5.74, 6) is 0. The first-order chi connectivity index (χ1) is 23.3. The summed E-state index contributed by atoms with van der Waals surface area (Å²) >= 11 is 0. The topological polar surface area (TPSA) is 29.5 Å². The number of hydrogen-bond acceptors (Lipinski definition) is 3. The van der Waals surface area contributed by atoms with Gasteiger partial charge in [-0.25, -0.2) is 0 Å². The van der Waals surface area contributed by atoms with Crippen LogP contribution in [0.25, 0.3) is 76.9 Å². The SMILES string of the molecule is c1ccc(-c2ccc(N(c3ccc(-c4cc5ccc6cccc7oc(c4)c5c67)cc3)c3ccc4c(c3)oc3ccccc34)cc2)cc1. The molecule has 2 heterocycles. The fourth-order valence-electron chi connectivity index (χ4n) is 7.16. The molecule has 0 aliphatic carbocycles. The van der Waals surface area contributed by atoms with Gasteiger partial charge in [0.25, 0.3) is 0 Å². The Morgan fingerprint density at radius 3 is 1.72 bits per heavy atom. The highest BCUT2D eigenvalue weighted by Crippen LogP contribution is 2.42. The highest BCUT2D eigenvalue weighted by Gasteiger charge is 2.18. The summed E-state index contributed by atoms with van der Waals surface area (Å²) in [6.45, 7) is 0. The second-order valence-corrected chi connectivity index (χ2v) is 12.2. The lowest BCUT2D eigenvalue weighted by atomic mass is 9.97. The quantitative estimate of drug-likeness (QED) is 0.184. The van der Waals surface area contributed by atoms with Gasteiger partial charge in [0, 0.05) is 44.7 Å². The Morgan fingerprint density at radius 2 is 0.915 bits per heavy atom. The van der Waals surface area contributed by atoms with E-state index in [1.807, 2.05) is 12.1 Å². The number of hydrogen-bond donors (Lipinski definition) is 0. The molecule has 0 N–H and O–H groups in total. The second-order valence-electron chi connectivity index (χ2n) is 12.2. The van der Waals surface area contributed by atoms with E-state index in [0.29, 0.717) is 0 Å². The number of para-hydroxylation sites is 1. The Bertz CT molecular complexity index is 2720. The van der Waals surface area contributed by atoms with Crippen LogP contribution in [0.3, 0.4) is 0 Å². The van der Waals surface area contributed by atoms with Crippen LogP contribution in [-0.2, 0) is 0 Å². The van der Waals surface area contributed by atoms with Crippen molar-refractivity contribution in [2.75, 3.05) is 4.90 Å². The summed E-state index contributed by atoms with van der Waals surface area (Å²) in [6, 6.07) is 57.9. The van der Waals surface area contributed by atoms with Crippen molar-refractivity contribution in [3.8, 4) is 22.3 Å². The lowest BCUT2D eigenvalue weighted by Crippen LogP contribution is -2.09. The first kappa shape index (κ1) is 26.0. The fourth-order valence-corrected chi connectivity index (χ4v) is 7.16. The molecule has 0 saturated heterocycles. The van der Waals surface area contributed by atoms with E-state index in [4.69, 9.17) is 8.83 Å². The Kier molecular flexibility index (Phi) is 5.57. The van der Waals surface area contributed by atoms with Gasteiger partial charge in [0.15, 0.2) is 0 Å². The van der Waals surface area contributed by atoms with Gasteiger partial charge in [-0.05, 0) is 93.7 Å². The third kappa shape index (κ3) is 4.14. The molecule has 10 rings (SSSR count). The molecule has 47 heavy (non-hydrogen) atoms. The Labute approximate surface area is 270 Å². The van der Waals surface area contributed by atoms with Crippen molar-refractivity contribution >= 4 is 71.7 Å². The van der Waals surface area contributed by atoms with Gasteiger partial charge in [0.1, 0.15) is 22.3 Å². The van der Waals surface area contributed by atoms with E-state index in [9.17, 15) is 0 Å². The lowest BCUT2D eigenvalue weighted by molar-refractivity contribution is 0.669. The molecule has 0 saturated carbocycles. The maximum atomic E-state index is 6.34. The van der Waals surface area contributed by atoms with E-state index in [2.05, 4.69) is 157 Å². The molecule has 0 bridgehead atoms. The number of benzene rings is 8. The van der Waals surface area contributed by atoms with E-state index < -0.39 is 0 Å². The molecule has 0 spiro atoms. The second kappa shape index (κ2) is 10.1. The molecule has 0 unspecified atom stereocenters. The van der Waals surface area contributed by atoms with Crippen molar-refractivity contribution in [2.45, 2.75) is 0 Å². The molecular weight excluding hydrogens is 574 g/mol. The van der Waals surface area contributed by atoms with Crippen LogP contribution in [0.5, 0.6) is 0 Å². The van der Waals surface area contributed by atoms with Crippen molar-refractivity contribution in [1.82, 2.24) is 0 Å². The van der Waals surface area contributed by atoms with Gasteiger partial charge in [-0.15, -0.1) is 0 Å². The maximum absolute atomic E-state index is 6.34. The largest absolute Gasteiger partial charge is 0.456 e. The summed E-state index contributed by atoms with van der Waals surface area (Å²) in [5, 5.41) is 7.05. The normalized spacial score (nSPS) is 11.8. The monoisotopic (exact) mass is 601 g/mol. The molecule has 0 aliphatic rings. The number of anilines is 3. The van der Waals surface area contributed by atoms with Crippen LogP contribution in [0.15, 0.2) is 173 Å². The van der Waals surface area contributed by atoms with Crippen LogP contribution >= 0.6 is 0 Å². The minimum absolute atomic E-state index is 0.871. The molecule has 3 heteroatoms. The molecule has 8 aromatic carbocycles. The molecule has 0 atom stereocenters. The molecule has 0 fully saturated rings. The third-order valence-corrected chi connectivity index (χ3v) is 9.42. The van der Waals surface area contributed by atoms with Crippen LogP contribution in [0.1, 0.15) is 0 Å². The van der Waals surface area contributed by atoms with Crippen molar-refractivity contribution in [1.29, 1.82) is 0 Å². The summed E-state index contributed by atoms with van der Waals surface area (Å²) in [4.78, 5) is 2.29. The number of rotatable bonds is 5. The molecule has 220 valence electrons. The minimum Gasteiger partial charge on any atom is -0.456 e. The van der Waals surface area contributed by atoms with E-state index in [1.54, 1.807) is 0 Å². The smallest absolute Gasteiger partial charge is 0.137 e. The minimum atomic E-state index is 0.871. The van der Waals surface area contributed by atoms with Gasteiger partial charge in [0.05, 0.1) is 0 Å². The predicted molar refractivity (Wildman–Crippen MR) is 195 cm³/mol. The molecule has 3 nitrogen and oxygen atoms in total. The van der Waals surface area contributed by atoms with Gasteiger partial charge in [0.2, 0.25) is 0 Å². The van der Waals surface area contributed by atoms with Gasteiger partial charge in [-0.1, -0.05) is 97.1 Å². The lowest BCUT2D eigenvalue weighted by Gasteiger charge is -2.26. The fraction of sp³-hybridized carbons (Fsp3) is 0. The first-order valence-electron chi connectivity index (χ1n) is 15.9. The highest BCUT2D eigenvalue weighted by atomic mass is 16.3. The van der Waals surface area contributed by atoms with Crippen LogP contribution in [0, 0.1) is 0 Å². The van der Waals surface area contributed by atoms with E-state index in [1.165, 1.54) is 32.7 Å². The molecule has 0 amide bonds. The Hall–Kier alpha value is -6.32. The van der Waals surface area contributed by atoms with Crippen molar-refractivity contribution in [2.24, 2.45) is 0 Å². The van der Waals surface area contributed by atoms with Gasteiger partial charge in [-0.2, -0.15) is 0 Å². The molecular formula is C44H27NO2. The zero-order valence-corrected chi connectivity index (χ0v) is 25.4.